The first kappa shape index (κ1) is 24.4. The van der Waals surface area contributed by atoms with Gasteiger partial charge in [0.25, 0.3) is 0 Å². The van der Waals surface area contributed by atoms with E-state index in [0.717, 1.165) is 19.1 Å². The van der Waals surface area contributed by atoms with Crippen molar-refractivity contribution in [3.05, 3.63) is 60.7 Å². The van der Waals surface area contributed by atoms with Crippen LogP contribution in [0, 0.1) is 0 Å². The van der Waals surface area contributed by atoms with Crippen molar-refractivity contribution in [3.63, 3.8) is 0 Å². The number of hydrogen-bond donors (Lipinski definition) is 0. The third-order valence-corrected chi connectivity index (χ3v) is 18.5. The van der Waals surface area contributed by atoms with Crippen LogP contribution in [0.1, 0.15) is 48.0 Å². The van der Waals surface area contributed by atoms with E-state index in [4.69, 9.17) is 9.16 Å². The maximum atomic E-state index is 6.47. The Hall–Kier alpha value is -1.21. The molecule has 0 unspecified atom stereocenters. The minimum Gasteiger partial charge on any atom is -0.414 e. The summed E-state index contributed by atoms with van der Waals surface area (Å²) in [7, 11) is -3.78. The highest BCUT2D eigenvalue weighted by Gasteiger charge is 2.51. The molecule has 1 heterocycles. The summed E-state index contributed by atoms with van der Waals surface area (Å²) in [6, 6.07) is 23.6. The van der Waals surface area contributed by atoms with E-state index >= 15 is 0 Å². The molecule has 4 heteroatoms. The van der Waals surface area contributed by atoms with Gasteiger partial charge in [0.1, 0.15) is 8.07 Å². The van der Waals surface area contributed by atoms with Gasteiger partial charge in [-0.15, -0.1) is 0 Å². The molecule has 0 aliphatic carbocycles. The van der Waals surface area contributed by atoms with E-state index < -0.39 is 16.4 Å². The molecular formula is C27H42O2Si2. The van der Waals surface area contributed by atoms with Gasteiger partial charge in [0.2, 0.25) is 0 Å². The molecule has 1 saturated heterocycles. The molecule has 0 amide bonds. The van der Waals surface area contributed by atoms with Crippen molar-refractivity contribution < 1.29 is 9.16 Å². The van der Waals surface area contributed by atoms with Crippen molar-refractivity contribution in [3.8, 4) is 0 Å². The molecule has 170 valence electrons. The van der Waals surface area contributed by atoms with Gasteiger partial charge in [0.05, 0.1) is 18.8 Å². The molecule has 2 aromatic rings. The van der Waals surface area contributed by atoms with E-state index in [1.165, 1.54) is 10.4 Å². The average Bonchev–Trinajstić information content (AvgIpc) is 2.66. The molecule has 2 atom stereocenters. The second kappa shape index (κ2) is 8.97. The molecule has 0 spiro atoms. The molecule has 2 aromatic carbocycles. The van der Waals surface area contributed by atoms with Gasteiger partial charge in [-0.25, -0.2) is 0 Å². The van der Waals surface area contributed by atoms with Crippen LogP contribution >= 0.6 is 0 Å². The van der Waals surface area contributed by atoms with Crippen molar-refractivity contribution in [1.29, 1.82) is 0 Å². The zero-order valence-corrected chi connectivity index (χ0v) is 22.9. The van der Waals surface area contributed by atoms with Crippen molar-refractivity contribution in [1.82, 2.24) is 0 Å². The molecule has 0 saturated carbocycles. The van der Waals surface area contributed by atoms with Crippen molar-refractivity contribution in [2.45, 2.75) is 89.4 Å². The highest BCUT2D eigenvalue weighted by atomic mass is 28.4. The molecule has 2 nitrogen and oxygen atoms in total. The van der Waals surface area contributed by atoms with E-state index in [2.05, 4.69) is 115 Å². The zero-order valence-electron chi connectivity index (χ0n) is 20.9. The van der Waals surface area contributed by atoms with Gasteiger partial charge < -0.3 is 9.16 Å². The summed E-state index contributed by atoms with van der Waals surface area (Å²) < 4.78 is 12.9. The Bertz CT molecular complexity index is 790. The predicted molar refractivity (Wildman–Crippen MR) is 139 cm³/mol. The van der Waals surface area contributed by atoms with Gasteiger partial charge in [-0.1, -0.05) is 113 Å². The van der Waals surface area contributed by atoms with Gasteiger partial charge >= 0.3 is 0 Å². The Labute approximate surface area is 192 Å². The Balaban J connectivity index is 1.79. The lowest BCUT2D eigenvalue weighted by Crippen LogP contribution is -2.66. The van der Waals surface area contributed by atoms with Gasteiger partial charge in [-0.3, -0.25) is 0 Å². The van der Waals surface area contributed by atoms with Crippen LogP contribution in [0.4, 0.5) is 0 Å². The first-order valence-electron chi connectivity index (χ1n) is 11.8. The summed E-state index contributed by atoms with van der Waals surface area (Å²) in [5.74, 6) is 0. The maximum absolute atomic E-state index is 6.47. The predicted octanol–water partition coefficient (Wildman–Crippen LogP) is 6.23. The Morgan fingerprint density at radius 2 is 1.23 bits per heavy atom. The van der Waals surface area contributed by atoms with E-state index in [1.54, 1.807) is 0 Å². The molecule has 31 heavy (non-hydrogen) atoms. The molecule has 0 N–H and O–H groups in total. The van der Waals surface area contributed by atoms with E-state index in [9.17, 15) is 0 Å². The summed E-state index contributed by atoms with van der Waals surface area (Å²) in [6.45, 7) is 19.6. The van der Waals surface area contributed by atoms with Crippen LogP contribution in [0.2, 0.25) is 29.2 Å². The maximum Gasteiger partial charge on any atom is 0.192 e. The summed E-state index contributed by atoms with van der Waals surface area (Å²) in [5.41, 5.74) is 0. The third kappa shape index (κ3) is 5.08. The van der Waals surface area contributed by atoms with E-state index in [0.29, 0.717) is 6.10 Å². The quantitative estimate of drug-likeness (QED) is 0.462. The number of benzene rings is 2. The molecule has 0 aromatic heterocycles. The number of hydrogen-bond acceptors (Lipinski definition) is 2. The van der Waals surface area contributed by atoms with Gasteiger partial charge in [-0.2, -0.15) is 0 Å². The largest absolute Gasteiger partial charge is 0.414 e. The van der Waals surface area contributed by atoms with Crippen LogP contribution in [0.3, 0.4) is 0 Å². The fourth-order valence-corrected chi connectivity index (χ4v) is 11.3. The van der Waals surface area contributed by atoms with Gasteiger partial charge in [-0.05, 0) is 29.2 Å². The van der Waals surface area contributed by atoms with Crippen LogP contribution < -0.4 is 10.4 Å². The Morgan fingerprint density at radius 3 is 1.61 bits per heavy atom. The van der Waals surface area contributed by atoms with E-state index in [1.807, 2.05) is 0 Å². The smallest absolute Gasteiger partial charge is 0.192 e. The highest BCUT2D eigenvalue weighted by Crippen LogP contribution is 2.43. The first-order valence-corrected chi connectivity index (χ1v) is 16.9. The number of rotatable bonds is 7. The fraction of sp³-hybridized carbons (Fsp3) is 0.556. The van der Waals surface area contributed by atoms with Gasteiger partial charge in [0, 0.05) is 6.42 Å². The van der Waals surface area contributed by atoms with Gasteiger partial charge in [0.15, 0.2) is 8.32 Å². The molecule has 0 bridgehead atoms. The molecule has 3 rings (SSSR count). The lowest BCUT2D eigenvalue weighted by Gasteiger charge is -2.49. The Kier molecular flexibility index (Phi) is 7.07. The fourth-order valence-electron chi connectivity index (χ4n) is 4.67. The van der Waals surface area contributed by atoms with E-state index in [-0.39, 0.29) is 16.2 Å². The lowest BCUT2D eigenvalue weighted by molar-refractivity contribution is -0.130. The Morgan fingerprint density at radius 1 is 0.774 bits per heavy atom. The van der Waals surface area contributed by atoms with Crippen molar-refractivity contribution in [2.75, 3.05) is 6.61 Å². The monoisotopic (exact) mass is 454 g/mol. The minimum absolute atomic E-state index is 0.182. The molecule has 1 aliphatic rings. The average molecular weight is 455 g/mol. The third-order valence-electron chi connectivity index (χ3n) is 7.69. The van der Waals surface area contributed by atoms with Crippen molar-refractivity contribution >= 4 is 26.8 Å². The van der Waals surface area contributed by atoms with Crippen LogP contribution in [-0.4, -0.2) is 35.2 Å². The molecule has 0 radical (unpaired) electrons. The summed E-state index contributed by atoms with van der Waals surface area (Å²) in [4.78, 5) is 0. The van der Waals surface area contributed by atoms with Crippen LogP contribution in [0.15, 0.2) is 60.7 Å². The molecule has 1 aliphatic heterocycles. The summed E-state index contributed by atoms with van der Waals surface area (Å²) in [6.07, 6.45) is 1.68. The first-order chi connectivity index (χ1) is 14.4. The SMILES string of the molecule is CC(C)(C)[Si](C)(C)OC[C@H]1C[C@H](C[Si](c2ccccc2)(c2ccccc2)C(C)(C)C)O1. The second-order valence-corrected chi connectivity index (χ2v) is 21.5. The summed E-state index contributed by atoms with van der Waals surface area (Å²) >= 11 is 0. The highest BCUT2D eigenvalue weighted by molar-refractivity contribution is 7.04. The minimum atomic E-state index is -2.06. The number of ether oxygens (including phenoxy) is 1. The summed E-state index contributed by atoms with van der Waals surface area (Å²) in [5, 5.41) is 3.45. The van der Waals surface area contributed by atoms with Crippen LogP contribution in [0.5, 0.6) is 0 Å². The van der Waals surface area contributed by atoms with Crippen molar-refractivity contribution in [2.24, 2.45) is 0 Å². The lowest BCUT2D eigenvalue weighted by atomic mass is 10.1. The van der Waals surface area contributed by atoms with Crippen LogP contribution in [-0.2, 0) is 9.16 Å². The van der Waals surface area contributed by atoms with Crippen LogP contribution in [0.25, 0.3) is 0 Å². The topological polar surface area (TPSA) is 18.5 Å². The molecular weight excluding hydrogens is 412 g/mol. The molecule has 1 fully saturated rings. The normalized spacial score (nSPS) is 20.4. The second-order valence-electron chi connectivity index (χ2n) is 11.8. The standard InChI is InChI=1S/C27H42O2Si2/c1-26(2,3)30(7,8)28-20-22-19-23(29-22)21-31(27(4,5)6,24-15-11-9-12-16-24)25-17-13-10-14-18-25/h9-18,22-23H,19-21H2,1-8H3/t22-,23-/m1/s1. The zero-order chi connectivity index (χ0) is 22.9.